The summed E-state index contributed by atoms with van der Waals surface area (Å²) in [5.74, 6) is -1.11. The van der Waals surface area contributed by atoms with Crippen molar-refractivity contribution in [2.75, 3.05) is 19.7 Å². The first-order valence-electron chi connectivity index (χ1n) is 10.3. The normalized spacial score (nSPS) is 19.3. The lowest BCUT2D eigenvalue weighted by Crippen LogP contribution is -2.58. The highest BCUT2D eigenvalue weighted by Gasteiger charge is 2.32. The Morgan fingerprint density at radius 1 is 1.16 bits per heavy atom. The summed E-state index contributed by atoms with van der Waals surface area (Å²) in [7, 11) is 0. The third-order valence-corrected chi connectivity index (χ3v) is 5.70. The Bertz CT molecular complexity index is 996. The Morgan fingerprint density at radius 3 is 2.56 bits per heavy atom. The number of carboxylic acid groups (broad SMARTS) is 1. The van der Waals surface area contributed by atoms with Crippen molar-refractivity contribution < 1.29 is 23.8 Å². The van der Waals surface area contributed by atoms with E-state index in [1.807, 2.05) is 6.92 Å². The van der Waals surface area contributed by atoms with Gasteiger partial charge in [-0.15, -0.1) is 0 Å². The van der Waals surface area contributed by atoms with Gasteiger partial charge in [0.25, 0.3) is 5.91 Å². The number of carbonyl (C=O) groups is 2. The average molecular weight is 461 g/mol. The van der Waals surface area contributed by atoms with E-state index in [1.54, 1.807) is 35.2 Å². The number of carbonyl (C=O) groups excluding carboxylic acids is 1. The van der Waals surface area contributed by atoms with Crippen molar-refractivity contribution >= 4 is 29.6 Å². The summed E-state index contributed by atoms with van der Waals surface area (Å²) in [6.45, 7) is 5.82. The van der Waals surface area contributed by atoms with Gasteiger partial charge in [-0.1, -0.05) is 23.7 Å². The number of nitrogens with zero attached hydrogens (tertiary/aromatic N) is 2. The molecule has 0 bridgehead atoms. The van der Waals surface area contributed by atoms with Crippen LogP contribution in [0.15, 0.2) is 48.5 Å². The number of carboxylic acids is 1. The number of benzene rings is 2. The Balaban J connectivity index is 1.60. The zero-order valence-electron chi connectivity index (χ0n) is 18.0. The number of halogens is 2. The van der Waals surface area contributed by atoms with E-state index >= 15 is 0 Å². The van der Waals surface area contributed by atoms with Gasteiger partial charge in [0.1, 0.15) is 11.6 Å². The first-order chi connectivity index (χ1) is 15.2. The van der Waals surface area contributed by atoms with Crippen LogP contribution in [0, 0.1) is 5.82 Å². The maximum absolute atomic E-state index is 13.2. The number of piperazine rings is 1. The summed E-state index contributed by atoms with van der Waals surface area (Å²) >= 11 is 6.00. The molecule has 3 rings (SSSR count). The molecule has 1 aliphatic heterocycles. The minimum Gasteiger partial charge on any atom is -0.483 e. The average Bonchev–Trinajstić information content (AvgIpc) is 2.75. The van der Waals surface area contributed by atoms with Crippen LogP contribution < -0.4 is 4.74 Å². The molecule has 0 spiro atoms. The van der Waals surface area contributed by atoms with Crippen LogP contribution in [0.4, 0.5) is 4.39 Å². The van der Waals surface area contributed by atoms with Crippen molar-refractivity contribution in [3.05, 3.63) is 70.5 Å². The summed E-state index contributed by atoms with van der Waals surface area (Å²) in [5, 5.41) is 9.30. The van der Waals surface area contributed by atoms with E-state index in [0.717, 1.165) is 11.6 Å². The number of amides is 1. The van der Waals surface area contributed by atoms with Crippen LogP contribution in [0.25, 0.3) is 6.08 Å². The van der Waals surface area contributed by atoms with Gasteiger partial charge >= 0.3 is 5.97 Å². The van der Waals surface area contributed by atoms with Crippen molar-refractivity contribution in [1.82, 2.24) is 9.80 Å². The van der Waals surface area contributed by atoms with E-state index in [9.17, 15) is 14.0 Å². The maximum atomic E-state index is 13.2. The van der Waals surface area contributed by atoms with Crippen LogP contribution in [0.3, 0.4) is 0 Å². The largest absolute Gasteiger partial charge is 0.483 e. The van der Waals surface area contributed by atoms with Crippen LogP contribution >= 0.6 is 11.6 Å². The van der Waals surface area contributed by atoms with Crippen LogP contribution in [0.2, 0.25) is 5.02 Å². The fraction of sp³-hybridized carbons (Fsp3) is 0.333. The monoisotopic (exact) mass is 460 g/mol. The lowest BCUT2D eigenvalue weighted by Gasteiger charge is -2.44. The third kappa shape index (κ3) is 6.31. The zero-order chi connectivity index (χ0) is 23.3. The lowest BCUT2D eigenvalue weighted by atomic mass is 10.1. The molecule has 0 saturated carbocycles. The molecule has 2 aromatic carbocycles. The van der Waals surface area contributed by atoms with Gasteiger partial charge in [0.15, 0.2) is 6.61 Å². The molecule has 2 atom stereocenters. The van der Waals surface area contributed by atoms with E-state index in [-0.39, 0.29) is 30.4 Å². The maximum Gasteiger partial charge on any atom is 0.328 e. The molecule has 1 aliphatic rings. The van der Waals surface area contributed by atoms with Gasteiger partial charge < -0.3 is 14.7 Å². The molecule has 32 heavy (non-hydrogen) atoms. The van der Waals surface area contributed by atoms with Gasteiger partial charge in [0.2, 0.25) is 0 Å². The summed E-state index contributed by atoms with van der Waals surface area (Å²) in [6.07, 6.45) is 2.37. The molecule has 0 aliphatic carbocycles. The summed E-state index contributed by atoms with van der Waals surface area (Å²) < 4.78 is 18.9. The van der Waals surface area contributed by atoms with Crippen molar-refractivity contribution in [3.63, 3.8) is 0 Å². The van der Waals surface area contributed by atoms with Gasteiger partial charge in [-0.25, -0.2) is 9.18 Å². The third-order valence-electron chi connectivity index (χ3n) is 5.46. The van der Waals surface area contributed by atoms with E-state index in [4.69, 9.17) is 21.4 Å². The molecule has 0 unspecified atom stereocenters. The Morgan fingerprint density at radius 2 is 1.88 bits per heavy atom. The standard InChI is InChI=1S/C24H26ClFN2O4/c1-16-13-28(17(2)12-27(16)14-18-3-7-21(26)8-4-18)23(29)15-32-22-9-6-20(25)11-19(22)5-10-24(30)31/h3-11,16-17H,12-15H2,1-2H3,(H,30,31)/t16-,17+/m0/s1. The minimum absolute atomic E-state index is 0.0145. The van der Waals surface area contributed by atoms with E-state index < -0.39 is 5.97 Å². The second kappa shape index (κ2) is 10.6. The number of aliphatic carboxylic acids is 1. The first-order valence-corrected chi connectivity index (χ1v) is 10.7. The van der Waals surface area contributed by atoms with Gasteiger partial charge in [-0.05, 0) is 55.8 Å². The van der Waals surface area contributed by atoms with Gasteiger partial charge in [0, 0.05) is 48.4 Å². The number of hydrogen-bond donors (Lipinski definition) is 1. The van der Waals surface area contributed by atoms with Gasteiger partial charge in [-0.2, -0.15) is 0 Å². The second-order valence-electron chi connectivity index (χ2n) is 7.94. The minimum atomic E-state index is -1.09. The molecule has 1 fully saturated rings. The number of hydrogen-bond acceptors (Lipinski definition) is 4. The number of rotatable bonds is 7. The molecule has 1 N–H and O–H groups in total. The fourth-order valence-electron chi connectivity index (χ4n) is 3.75. The first kappa shape index (κ1) is 23.8. The SMILES string of the molecule is C[C@@H]1CN(Cc2ccc(F)cc2)[C@@H](C)CN1C(=O)COc1ccc(Cl)cc1C=CC(=O)O. The molecule has 170 valence electrons. The molecule has 1 heterocycles. The number of ether oxygens (including phenoxy) is 1. The van der Waals surface area contributed by atoms with Crippen molar-refractivity contribution in [2.24, 2.45) is 0 Å². The van der Waals surface area contributed by atoms with Crippen molar-refractivity contribution in [3.8, 4) is 5.75 Å². The van der Waals surface area contributed by atoms with Crippen molar-refractivity contribution in [1.29, 1.82) is 0 Å². The molecule has 0 aromatic heterocycles. The fourth-order valence-corrected chi connectivity index (χ4v) is 3.94. The Labute approximate surface area is 191 Å². The van der Waals surface area contributed by atoms with Crippen LogP contribution in [-0.4, -0.2) is 58.6 Å². The van der Waals surface area contributed by atoms with E-state index in [1.165, 1.54) is 18.2 Å². The smallest absolute Gasteiger partial charge is 0.328 e. The molecular weight excluding hydrogens is 435 g/mol. The van der Waals surface area contributed by atoms with Crippen molar-refractivity contribution in [2.45, 2.75) is 32.5 Å². The Kier molecular flexibility index (Phi) is 7.88. The lowest BCUT2D eigenvalue weighted by molar-refractivity contribution is -0.139. The summed E-state index contributed by atoms with van der Waals surface area (Å²) in [5.41, 5.74) is 1.51. The molecule has 0 radical (unpaired) electrons. The molecular formula is C24H26ClFN2O4. The van der Waals surface area contributed by atoms with Crippen LogP contribution in [-0.2, 0) is 16.1 Å². The van der Waals surface area contributed by atoms with Crippen LogP contribution in [0.5, 0.6) is 5.75 Å². The molecule has 2 aromatic rings. The van der Waals surface area contributed by atoms with E-state index in [0.29, 0.717) is 36.0 Å². The summed E-state index contributed by atoms with van der Waals surface area (Å²) in [6, 6.07) is 11.4. The van der Waals surface area contributed by atoms with Gasteiger partial charge in [-0.3, -0.25) is 9.69 Å². The summed E-state index contributed by atoms with van der Waals surface area (Å²) in [4.78, 5) is 27.8. The predicted molar refractivity (Wildman–Crippen MR) is 121 cm³/mol. The van der Waals surface area contributed by atoms with E-state index in [2.05, 4.69) is 11.8 Å². The van der Waals surface area contributed by atoms with Crippen LogP contribution in [0.1, 0.15) is 25.0 Å². The Hall–Kier alpha value is -2.90. The molecule has 1 saturated heterocycles. The van der Waals surface area contributed by atoms with Gasteiger partial charge in [0.05, 0.1) is 0 Å². The predicted octanol–water partition coefficient (Wildman–Crippen LogP) is 4.08. The molecule has 1 amide bonds. The highest BCUT2D eigenvalue weighted by molar-refractivity contribution is 6.30. The molecule has 8 heteroatoms. The second-order valence-corrected chi connectivity index (χ2v) is 8.38. The highest BCUT2D eigenvalue weighted by Crippen LogP contribution is 2.25. The molecule has 6 nitrogen and oxygen atoms in total. The zero-order valence-corrected chi connectivity index (χ0v) is 18.8. The topological polar surface area (TPSA) is 70.1 Å². The quantitative estimate of drug-likeness (QED) is 0.630. The highest BCUT2D eigenvalue weighted by atomic mass is 35.5.